The number of aromatic carboxylic acids is 1. The second-order valence-corrected chi connectivity index (χ2v) is 3.84. The highest BCUT2D eigenvalue weighted by Crippen LogP contribution is 2.24. The van der Waals surface area contributed by atoms with Crippen molar-refractivity contribution in [1.82, 2.24) is 4.90 Å². The van der Waals surface area contributed by atoms with Crippen molar-refractivity contribution in [2.24, 2.45) is 0 Å². The molecule has 0 fully saturated rings. The fourth-order valence-corrected chi connectivity index (χ4v) is 1.87. The van der Waals surface area contributed by atoms with E-state index in [2.05, 4.69) is 0 Å². The molecule has 0 radical (unpaired) electrons. The van der Waals surface area contributed by atoms with Crippen LogP contribution in [0.5, 0.6) is 0 Å². The quantitative estimate of drug-likeness (QED) is 0.849. The van der Waals surface area contributed by atoms with E-state index in [0.29, 0.717) is 19.7 Å². The molecule has 1 aliphatic rings. The van der Waals surface area contributed by atoms with Gasteiger partial charge in [-0.1, -0.05) is 6.07 Å². The van der Waals surface area contributed by atoms with Gasteiger partial charge in [0.2, 0.25) is 0 Å². The third-order valence-electron chi connectivity index (χ3n) is 2.70. The van der Waals surface area contributed by atoms with Gasteiger partial charge in [-0.15, -0.1) is 0 Å². The summed E-state index contributed by atoms with van der Waals surface area (Å²) in [6, 6.07) is 4.91. The fraction of sp³-hybridized carbons (Fsp3) is 0.333. The molecule has 90 valence electrons. The summed E-state index contributed by atoms with van der Waals surface area (Å²) in [5, 5.41) is 8.87. The number of carbonyl (C=O) groups excluding carboxylic acids is 1. The Labute approximate surface area is 98.6 Å². The molecule has 0 atom stereocenters. The summed E-state index contributed by atoms with van der Waals surface area (Å²) < 4.78 is 4.91. The molecule has 0 bridgehead atoms. The number of amides is 1. The molecule has 1 aromatic carbocycles. The van der Waals surface area contributed by atoms with Crippen LogP contribution in [0.25, 0.3) is 0 Å². The highest BCUT2D eigenvalue weighted by atomic mass is 16.6. The van der Waals surface area contributed by atoms with E-state index in [0.717, 1.165) is 11.1 Å². The molecule has 0 saturated heterocycles. The third-order valence-corrected chi connectivity index (χ3v) is 2.70. The predicted molar refractivity (Wildman–Crippen MR) is 59.7 cm³/mol. The monoisotopic (exact) mass is 235 g/mol. The van der Waals surface area contributed by atoms with Crippen LogP contribution in [-0.4, -0.2) is 28.7 Å². The van der Waals surface area contributed by atoms with Gasteiger partial charge in [0.25, 0.3) is 0 Å². The number of rotatable bonds is 2. The van der Waals surface area contributed by atoms with Crippen molar-refractivity contribution in [3.05, 3.63) is 34.9 Å². The predicted octanol–water partition coefficient (Wildman–Crippen LogP) is 1.86. The lowest BCUT2D eigenvalue weighted by Crippen LogP contribution is -2.25. The van der Waals surface area contributed by atoms with E-state index in [1.807, 2.05) is 0 Å². The van der Waals surface area contributed by atoms with Crippen LogP contribution in [0.1, 0.15) is 28.4 Å². The maximum atomic E-state index is 11.5. The zero-order valence-electron chi connectivity index (χ0n) is 9.47. The van der Waals surface area contributed by atoms with Crippen molar-refractivity contribution in [2.45, 2.75) is 20.0 Å². The van der Waals surface area contributed by atoms with Crippen LogP contribution < -0.4 is 0 Å². The van der Waals surface area contributed by atoms with E-state index in [9.17, 15) is 9.59 Å². The number of benzene rings is 1. The van der Waals surface area contributed by atoms with Crippen molar-refractivity contribution in [2.75, 3.05) is 6.61 Å². The Kier molecular flexibility index (Phi) is 2.99. The molecule has 17 heavy (non-hydrogen) atoms. The van der Waals surface area contributed by atoms with E-state index in [4.69, 9.17) is 9.84 Å². The van der Waals surface area contributed by atoms with Gasteiger partial charge in [0, 0.05) is 13.1 Å². The molecular formula is C12H13NO4. The summed E-state index contributed by atoms with van der Waals surface area (Å²) in [5.74, 6) is -0.956. The molecule has 1 aromatic rings. The van der Waals surface area contributed by atoms with E-state index < -0.39 is 5.97 Å². The number of hydrogen-bond acceptors (Lipinski definition) is 3. The number of carboxylic acids is 1. The number of carbonyl (C=O) groups is 2. The zero-order valence-corrected chi connectivity index (χ0v) is 9.47. The first kappa shape index (κ1) is 11.4. The Morgan fingerprint density at radius 1 is 1.35 bits per heavy atom. The van der Waals surface area contributed by atoms with Crippen LogP contribution in [0.4, 0.5) is 4.79 Å². The minimum absolute atomic E-state index is 0.245. The van der Waals surface area contributed by atoms with Gasteiger partial charge in [0.05, 0.1) is 12.2 Å². The molecule has 0 aromatic heterocycles. The van der Waals surface area contributed by atoms with Crippen molar-refractivity contribution >= 4 is 12.1 Å². The van der Waals surface area contributed by atoms with Gasteiger partial charge in [-0.2, -0.15) is 0 Å². The number of hydrogen-bond donors (Lipinski definition) is 1. The largest absolute Gasteiger partial charge is 0.478 e. The Balaban J connectivity index is 2.16. The first-order valence-corrected chi connectivity index (χ1v) is 5.38. The summed E-state index contributed by atoms with van der Waals surface area (Å²) >= 11 is 0. The molecule has 2 rings (SSSR count). The molecule has 0 unspecified atom stereocenters. The highest BCUT2D eigenvalue weighted by molar-refractivity contribution is 5.88. The molecule has 1 amide bonds. The second kappa shape index (κ2) is 4.45. The smallest absolute Gasteiger partial charge is 0.410 e. The molecule has 0 spiro atoms. The SMILES string of the molecule is CCOC(=O)N1Cc2ccc(C(=O)O)cc2C1. The topological polar surface area (TPSA) is 66.8 Å². The van der Waals surface area contributed by atoms with Crippen LogP contribution in [0.3, 0.4) is 0 Å². The summed E-state index contributed by atoms with van der Waals surface area (Å²) in [6.45, 7) is 2.99. The zero-order chi connectivity index (χ0) is 12.4. The van der Waals surface area contributed by atoms with E-state index in [1.54, 1.807) is 30.0 Å². The number of fused-ring (bicyclic) bond motifs is 1. The minimum atomic E-state index is -0.956. The van der Waals surface area contributed by atoms with Gasteiger partial charge in [-0.3, -0.25) is 4.90 Å². The molecule has 0 saturated carbocycles. The Morgan fingerprint density at radius 3 is 2.71 bits per heavy atom. The van der Waals surface area contributed by atoms with Crippen LogP contribution in [0.15, 0.2) is 18.2 Å². The molecule has 5 nitrogen and oxygen atoms in total. The molecule has 1 N–H and O–H groups in total. The van der Waals surface area contributed by atoms with Gasteiger partial charge in [-0.25, -0.2) is 9.59 Å². The standard InChI is InChI=1S/C12H13NO4/c1-2-17-12(16)13-6-9-4-3-8(11(14)15)5-10(9)7-13/h3-5H,2,6-7H2,1H3,(H,14,15). The van der Waals surface area contributed by atoms with Crippen molar-refractivity contribution in [3.63, 3.8) is 0 Å². The van der Waals surface area contributed by atoms with Crippen molar-refractivity contribution in [3.8, 4) is 0 Å². The van der Waals surface area contributed by atoms with E-state index >= 15 is 0 Å². The van der Waals surface area contributed by atoms with E-state index in [-0.39, 0.29) is 11.7 Å². The normalized spacial score (nSPS) is 13.4. The Hall–Kier alpha value is -2.04. The summed E-state index contributed by atoms with van der Waals surface area (Å²) in [4.78, 5) is 23.9. The van der Waals surface area contributed by atoms with Crippen LogP contribution in [-0.2, 0) is 17.8 Å². The van der Waals surface area contributed by atoms with Gasteiger partial charge < -0.3 is 9.84 Å². The van der Waals surface area contributed by atoms with Crippen LogP contribution >= 0.6 is 0 Å². The number of ether oxygens (including phenoxy) is 1. The first-order chi connectivity index (χ1) is 8.11. The molecule has 1 heterocycles. The van der Waals surface area contributed by atoms with Crippen molar-refractivity contribution in [1.29, 1.82) is 0 Å². The lowest BCUT2D eigenvalue weighted by Gasteiger charge is -2.13. The van der Waals surface area contributed by atoms with Crippen molar-refractivity contribution < 1.29 is 19.4 Å². The minimum Gasteiger partial charge on any atom is -0.478 e. The second-order valence-electron chi connectivity index (χ2n) is 3.84. The summed E-state index contributed by atoms with van der Waals surface area (Å²) in [7, 11) is 0. The lowest BCUT2D eigenvalue weighted by atomic mass is 10.1. The average Bonchev–Trinajstić information content (AvgIpc) is 2.71. The van der Waals surface area contributed by atoms with Crippen LogP contribution in [0, 0.1) is 0 Å². The number of carboxylic acid groups (broad SMARTS) is 1. The average molecular weight is 235 g/mol. The first-order valence-electron chi connectivity index (χ1n) is 5.38. The van der Waals surface area contributed by atoms with Gasteiger partial charge in [0.1, 0.15) is 0 Å². The summed E-state index contributed by atoms with van der Waals surface area (Å²) in [5.41, 5.74) is 2.09. The molecular weight excluding hydrogens is 222 g/mol. The van der Waals surface area contributed by atoms with Crippen LogP contribution in [0.2, 0.25) is 0 Å². The molecule has 5 heteroatoms. The molecule has 1 aliphatic heterocycles. The Morgan fingerprint density at radius 2 is 2.06 bits per heavy atom. The molecule has 0 aliphatic carbocycles. The fourth-order valence-electron chi connectivity index (χ4n) is 1.87. The summed E-state index contributed by atoms with van der Waals surface area (Å²) in [6.07, 6.45) is -0.361. The third kappa shape index (κ3) is 2.22. The van der Waals surface area contributed by atoms with E-state index in [1.165, 1.54) is 0 Å². The van der Waals surface area contributed by atoms with Gasteiger partial charge >= 0.3 is 12.1 Å². The van der Waals surface area contributed by atoms with Gasteiger partial charge in [0.15, 0.2) is 0 Å². The Bertz CT molecular complexity index is 470. The maximum Gasteiger partial charge on any atom is 0.410 e. The highest BCUT2D eigenvalue weighted by Gasteiger charge is 2.24. The van der Waals surface area contributed by atoms with Gasteiger partial charge in [-0.05, 0) is 30.2 Å². The number of nitrogens with zero attached hydrogens (tertiary/aromatic N) is 1. The maximum absolute atomic E-state index is 11.5. The lowest BCUT2D eigenvalue weighted by molar-refractivity contribution is 0.0696.